The van der Waals surface area contributed by atoms with E-state index in [4.69, 9.17) is 4.74 Å². The minimum absolute atomic E-state index is 0.191. The van der Waals surface area contributed by atoms with Gasteiger partial charge in [0.1, 0.15) is 23.4 Å². The lowest BCUT2D eigenvalue weighted by Crippen LogP contribution is -2.36. The highest BCUT2D eigenvalue weighted by Gasteiger charge is 2.18. The lowest BCUT2D eigenvalue weighted by molar-refractivity contribution is -0.116. The molecule has 0 saturated carbocycles. The molecule has 10 heteroatoms. The fourth-order valence-electron chi connectivity index (χ4n) is 2.73. The molecule has 1 saturated heterocycles. The van der Waals surface area contributed by atoms with Crippen LogP contribution >= 0.6 is 11.3 Å². The molecule has 0 spiro atoms. The number of carbonyl (C=O) groups is 1. The first-order valence-electron chi connectivity index (χ1n) is 8.34. The molecule has 0 unspecified atom stereocenters. The fourth-order valence-corrected chi connectivity index (χ4v) is 3.75. The zero-order valence-electron chi connectivity index (χ0n) is 14.2. The Bertz CT molecular complexity index is 1030. The van der Waals surface area contributed by atoms with Crippen molar-refractivity contribution in [3.63, 3.8) is 0 Å². The minimum Gasteiger partial charge on any atom is -0.378 e. The van der Waals surface area contributed by atoms with E-state index in [1.165, 1.54) is 46.5 Å². The van der Waals surface area contributed by atoms with Crippen molar-refractivity contribution in [3.05, 3.63) is 46.8 Å². The number of anilines is 2. The zero-order chi connectivity index (χ0) is 18.8. The van der Waals surface area contributed by atoms with Gasteiger partial charge in [0, 0.05) is 18.8 Å². The van der Waals surface area contributed by atoms with E-state index < -0.39 is 5.91 Å². The molecule has 1 aliphatic rings. The molecule has 0 radical (unpaired) electrons. The van der Waals surface area contributed by atoms with Gasteiger partial charge in [0.2, 0.25) is 5.91 Å². The molecule has 1 amide bonds. The average Bonchev–Trinajstić information content (AvgIpc) is 3.12. The number of nitrogens with one attached hydrogen (secondary N) is 1. The van der Waals surface area contributed by atoms with Gasteiger partial charge < -0.3 is 15.0 Å². The third-order valence-electron chi connectivity index (χ3n) is 4.10. The highest BCUT2D eigenvalue weighted by atomic mass is 32.1. The number of benzene rings is 1. The van der Waals surface area contributed by atoms with E-state index in [9.17, 15) is 14.0 Å². The zero-order valence-corrected chi connectivity index (χ0v) is 15.0. The van der Waals surface area contributed by atoms with Crippen LogP contribution < -0.4 is 15.8 Å². The highest BCUT2D eigenvalue weighted by molar-refractivity contribution is 7.22. The summed E-state index contributed by atoms with van der Waals surface area (Å²) in [4.78, 5) is 35.5. The van der Waals surface area contributed by atoms with Gasteiger partial charge in [-0.3, -0.25) is 14.2 Å². The van der Waals surface area contributed by atoms with E-state index in [2.05, 4.69) is 20.2 Å². The number of amides is 1. The largest absolute Gasteiger partial charge is 0.378 e. The van der Waals surface area contributed by atoms with E-state index >= 15 is 0 Å². The molecular formula is C17H16FN5O3S. The second-order valence-corrected chi connectivity index (χ2v) is 6.96. The van der Waals surface area contributed by atoms with Crippen LogP contribution in [0.25, 0.3) is 10.3 Å². The van der Waals surface area contributed by atoms with Crippen LogP contribution in [0.4, 0.5) is 15.2 Å². The number of hydrogen-bond acceptors (Lipinski definition) is 7. The van der Waals surface area contributed by atoms with Gasteiger partial charge in [0.25, 0.3) is 5.56 Å². The molecule has 1 aromatic carbocycles. The van der Waals surface area contributed by atoms with Gasteiger partial charge in [-0.25, -0.2) is 9.37 Å². The first-order valence-corrected chi connectivity index (χ1v) is 9.16. The fraction of sp³-hybridized carbons (Fsp3) is 0.294. The number of nitrogens with zero attached hydrogens (tertiary/aromatic N) is 4. The molecule has 1 fully saturated rings. The lowest BCUT2D eigenvalue weighted by Gasteiger charge is -2.25. The summed E-state index contributed by atoms with van der Waals surface area (Å²) < 4.78 is 19.9. The number of fused-ring (bicyclic) bond motifs is 1. The SMILES string of the molecule is O=C(Cn1cnc2nc(N3CCOCC3)sc2c1=O)Nc1ccc(F)cc1. The predicted molar refractivity (Wildman–Crippen MR) is 99.7 cm³/mol. The van der Waals surface area contributed by atoms with Crippen LogP contribution in [-0.4, -0.2) is 46.7 Å². The van der Waals surface area contributed by atoms with Gasteiger partial charge in [0.05, 0.1) is 13.2 Å². The summed E-state index contributed by atoms with van der Waals surface area (Å²) >= 11 is 1.27. The summed E-state index contributed by atoms with van der Waals surface area (Å²) in [5.74, 6) is -0.789. The number of carbonyl (C=O) groups excluding carboxylic acids is 1. The topological polar surface area (TPSA) is 89.3 Å². The van der Waals surface area contributed by atoms with E-state index in [1.54, 1.807) is 0 Å². The molecule has 0 atom stereocenters. The first-order chi connectivity index (χ1) is 13.1. The van der Waals surface area contributed by atoms with Crippen LogP contribution in [0.5, 0.6) is 0 Å². The molecule has 27 heavy (non-hydrogen) atoms. The molecular weight excluding hydrogens is 373 g/mol. The van der Waals surface area contributed by atoms with E-state index in [1.807, 2.05) is 0 Å². The highest BCUT2D eigenvalue weighted by Crippen LogP contribution is 2.25. The Hall–Kier alpha value is -2.85. The number of rotatable bonds is 4. The van der Waals surface area contributed by atoms with Crippen molar-refractivity contribution in [3.8, 4) is 0 Å². The summed E-state index contributed by atoms with van der Waals surface area (Å²) in [5.41, 5.74) is 0.517. The molecule has 140 valence electrons. The van der Waals surface area contributed by atoms with E-state index in [-0.39, 0.29) is 17.9 Å². The average molecular weight is 389 g/mol. The van der Waals surface area contributed by atoms with Gasteiger partial charge in [0.15, 0.2) is 10.8 Å². The standard InChI is InChI=1S/C17H16FN5O3S/c18-11-1-3-12(4-2-11)20-13(24)9-23-10-19-15-14(16(23)25)27-17(21-15)22-5-7-26-8-6-22/h1-4,10H,5-9H2,(H,20,24). The Morgan fingerprint density at radius 3 is 2.74 bits per heavy atom. The minimum atomic E-state index is -0.400. The number of halogens is 1. The number of ether oxygens (including phenoxy) is 1. The van der Waals surface area contributed by atoms with E-state index in [0.717, 1.165) is 5.13 Å². The maximum Gasteiger partial charge on any atom is 0.273 e. The van der Waals surface area contributed by atoms with Crippen molar-refractivity contribution in [2.24, 2.45) is 0 Å². The molecule has 0 aliphatic carbocycles. The number of morpholine rings is 1. The Balaban J connectivity index is 1.53. The van der Waals surface area contributed by atoms with Crippen LogP contribution in [0.15, 0.2) is 35.4 Å². The molecule has 1 aliphatic heterocycles. The van der Waals surface area contributed by atoms with Gasteiger partial charge in [-0.2, -0.15) is 4.98 Å². The third kappa shape index (κ3) is 3.81. The number of aromatic nitrogens is 3. The summed E-state index contributed by atoms with van der Waals surface area (Å²) in [6.07, 6.45) is 1.32. The number of thiazole rings is 1. The van der Waals surface area contributed by atoms with Crippen LogP contribution in [-0.2, 0) is 16.1 Å². The first kappa shape index (κ1) is 17.6. The van der Waals surface area contributed by atoms with Crippen LogP contribution in [0.1, 0.15) is 0 Å². The van der Waals surface area contributed by atoms with Crippen LogP contribution in [0, 0.1) is 5.82 Å². The Morgan fingerprint density at radius 2 is 2.00 bits per heavy atom. The second kappa shape index (κ2) is 7.41. The Labute approximate surface area is 157 Å². The Kier molecular flexibility index (Phi) is 4.82. The van der Waals surface area contributed by atoms with Gasteiger partial charge >= 0.3 is 0 Å². The molecule has 4 rings (SSSR count). The molecule has 1 N–H and O–H groups in total. The maximum absolute atomic E-state index is 12.9. The summed E-state index contributed by atoms with van der Waals surface area (Å²) in [6, 6.07) is 5.41. The molecule has 3 aromatic rings. The quantitative estimate of drug-likeness (QED) is 0.727. The monoisotopic (exact) mass is 389 g/mol. The third-order valence-corrected chi connectivity index (χ3v) is 5.19. The van der Waals surface area contributed by atoms with Crippen LogP contribution in [0.2, 0.25) is 0 Å². The summed E-state index contributed by atoms with van der Waals surface area (Å²) in [5, 5.41) is 3.35. The molecule has 3 heterocycles. The van der Waals surface area contributed by atoms with Crippen molar-refractivity contribution in [2.75, 3.05) is 36.5 Å². The lowest BCUT2D eigenvalue weighted by atomic mass is 10.3. The predicted octanol–water partition coefficient (Wildman–Crippen LogP) is 1.47. The van der Waals surface area contributed by atoms with Crippen molar-refractivity contribution in [2.45, 2.75) is 6.54 Å². The molecule has 2 aromatic heterocycles. The number of hydrogen-bond donors (Lipinski definition) is 1. The molecule has 8 nitrogen and oxygen atoms in total. The van der Waals surface area contributed by atoms with Gasteiger partial charge in [-0.05, 0) is 24.3 Å². The Morgan fingerprint density at radius 1 is 1.26 bits per heavy atom. The maximum atomic E-state index is 12.9. The van der Waals surface area contributed by atoms with Crippen LogP contribution in [0.3, 0.4) is 0 Å². The van der Waals surface area contributed by atoms with E-state index in [0.29, 0.717) is 42.3 Å². The van der Waals surface area contributed by atoms with Crippen molar-refractivity contribution in [1.82, 2.24) is 14.5 Å². The molecule has 0 bridgehead atoms. The normalized spacial score (nSPS) is 14.5. The summed E-state index contributed by atoms with van der Waals surface area (Å²) in [7, 11) is 0. The smallest absolute Gasteiger partial charge is 0.273 e. The van der Waals surface area contributed by atoms with Gasteiger partial charge in [-0.1, -0.05) is 11.3 Å². The van der Waals surface area contributed by atoms with Crippen molar-refractivity contribution >= 4 is 38.4 Å². The van der Waals surface area contributed by atoms with Gasteiger partial charge in [-0.15, -0.1) is 0 Å². The second-order valence-electron chi connectivity index (χ2n) is 5.98. The van der Waals surface area contributed by atoms with Crippen molar-refractivity contribution < 1.29 is 13.9 Å². The van der Waals surface area contributed by atoms with Crippen molar-refractivity contribution in [1.29, 1.82) is 0 Å². The summed E-state index contributed by atoms with van der Waals surface area (Å²) in [6.45, 7) is 2.49.